The number of pyridine rings is 2. The zero-order valence-corrected chi connectivity index (χ0v) is 24.7. The summed E-state index contributed by atoms with van der Waals surface area (Å²) in [6.07, 6.45) is 5.23. The minimum Gasteiger partial charge on any atom is -0.355 e. The highest BCUT2D eigenvalue weighted by Crippen LogP contribution is 2.47. The van der Waals surface area contributed by atoms with Gasteiger partial charge in [0.2, 0.25) is 0 Å². The Hall–Kier alpha value is -6.74. The molecule has 9 heteroatoms. The maximum Gasteiger partial charge on any atom is 0.181 e. The van der Waals surface area contributed by atoms with Crippen LogP contribution in [0, 0.1) is 0 Å². The van der Waals surface area contributed by atoms with Crippen LogP contribution >= 0.6 is 0 Å². The summed E-state index contributed by atoms with van der Waals surface area (Å²) in [6, 6.07) is 35.1. The molecule has 220 valence electrons. The van der Waals surface area contributed by atoms with Gasteiger partial charge in [-0.2, -0.15) is 5.10 Å². The molecule has 3 N–H and O–H groups in total. The van der Waals surface area contributed by atoms with Gasteiger partial charge < -0.3 is 9.97 Å². The van der Waals surface area contributed by atoms with E-state index in [0.29, 0.717) is 17.2 Å². The van der Waals surface area contributed by atoms with Gasteiger partial charge >= 0.3 is 0 Å². The second-order valence-corrected chi connectivity index (χ2v) is 11.5. The SMILES string of the molecule is c1ccc2[nH]c(-c3cccc4nc(-c5nccc6ccccc56)c(-c5ncc6[nH]cnc6n5)c(-c5n[nH]c6ccccc56)c34)cc2c1. The summed E-state index contributed by atoms with van der Waals surface area (Å²) in [4.78, 5) is 31.5. The number of para-hydroxylation sites is 2. The van der Waals surface area contributed by atoms with Crippen molar-refractivity contribution in [3.63, 3.8) is 0 Å². The Morgan fingerprint density at radius 1 is 0.574 bits per heavy atom. The van der Waals surface area contributed by atoms with Crippen LogP contribution in [0.1, 0.15) is 0 Å². The van der Waals surface area contributed by atoms with Gasteiger partial charge in [0, 0.05) is 50.1 Å². The van der Waals surface area contributed by atoms with Crippen LogP contribution in [0.25, 0.3) is 99.9 Å². The molecule has 4 aromatic carbocycles. The maximum absolute atomic E-state index is 5.41. The molecule has 0 aliphatic rings. The van der Waals surface area contributed by atoms with Crippen molar-refractivity contribution < 1.29 is 0 Å². The van der Waals surface area contributed by atoms with Crippen molar-refractivity contribution >= 4 is 54.6 Å². The Labute approximate surface area is 266 Å². The average Bonchev–Trinajstić information content (AvgIpc) is 3.88. The van der Waals surface area contributed by atoms with Gasteiger partial charge in [-0.3, -0.25) is 10.1 Å². The van der Waals surface area contributed by atoms with Crippen LogP contribution in [0.15, 0.2) is 122 Å². The molecular formula is C38H23N9. The van der Waals surface area contributed by atoms with E-state index >= 15 is 0 Å². The average molecular weight is 606 g/mol. The number of imidazole rings is 1. The van der Waals surface area contributed by atoms with Gasteiger partial charge in [0.05, 0.1) is 34.8 Å². The minimum atomic E-state index is 0.484. The zero-order valence-electron chi connectivity index (χ0n) is 24.7. The number of fused-ring (bicyclic) bond motifs is 5. The van der Waals surface area contributed by atoms with E-state index in [0.717, 1.165) is 82.8 Å². The predicted molar refractivity (Wildman–Crippen MR) is 186 cm³/mol. The summed E-state index contributed by atoms with van der Waals surface area (Å²) in [5, 5.41) is 13.3. The molecular weight excluding hydrogens is 582 g/mol. The molecule has 10 aromatic rings. The van der Waals surface area contributed by atoms with Crippen LogP contribution in [0.5, 0.6) is 0 Å². The summed E-state index contributed by atoms with van der Waals surface area (Å²) in [5.41, 5.74) is 9.84. The number of nitrogens with zero attached hydrogens (tertiary/aromatic N) is 6. The number of rotatable bonds is 4. The summed E-state index contributed by atoms with van der Waals surface area (Å²) < 4.78 is 0. The fourth-order valence-corrected chi connectivity index (χ4v) is 6.70. The Morgan fingerprint density at radius 2 is 1.40 bits per heavy atom. The van der Waals surface area contributed by atoms with Gasteiger partial charge in [0.25, 0.3) is 0 Å². The van der Waals surface area contributed by atoms with E-state index in [2.05, 4.69) is 80.7 Å². The quantitative estimate of drug-likeness (QED) is 0.185. The molecule has 10 rings (SSSR count). The fourth-order valence-electron chi connectivity index (χ4n) is 6.70. The molecule has 0 aliphatic carbocycles. The number of nitrogens with one attached hydrogen (secondary N) is 3. The van der Waals surface area contributed by atoms with Crippen LogP contribution in [-0.2, 0) is 0 Å². The summed E-state index contributed by atoms with van der Waals surface area (Å²) in [7, 11) is 0. The molecule has 0 fully saturated rings. The molecule has 0 unspecified atom stereocenters. The van der Waals surface area contributed by atoms with Crippen molar-refractivity contribution in [2.45, 2.75) is 0 Å². The lowest BCUT2D eigenvalue weighted by molar-refractivity contribution is 1.12. The van der Waals surface area contributed by atoms with E-state index in [4.69, 9.17) is 25.0 Å². The fraction of sp³-hybridized carbons (Fsp3) is 0. The zero-order chi connectivity index (χ0) is 30.9. The lowest BCUT2D eigenvalue weighted by Gasteiger charge is -2.18. The third kappa shape index (κ3) is 3.90. The molecule has 0 saturated heterocycles. The van der Waals surface area contributed by atoms with E-state index in [1.165, 1.54) is 0 Å². The first-order valence-corrected chi connectivity index (χ1v) is 15.3. The number of aromatic nitrogens is 9. The van der Waals surface area contributed by atoms with Crippen molar-refractivity contribution in [1.82, 2.24) is 45.1 Å². The third-order valence-corrected chi connectivity index (χ3v) is 8.84. The molecule has 0 amide bonds. The highest BCUT2D eigenvalue weighted by molar-refractivity contribution is 6.16. The molecule has 0 aliphatic heterocycles. The Bertz CT molecular complexity index is 2790. The number of H-pyrrole nitrogens is 3. The predicted octanol–water partition coefficient (Wildman–Crippen LogP) is 8.47. The first kappa shape index (κ1) is 25.6. The van der Waals surface area contributed by atoms with Crippen LogP contribution in [0.3, 0.4) is 0 Å². The number of aromatic amines is 3. The molecule has 9 nitrogen and oxygen atoms in total. The van der Waals surface area contributed by atoms with Gasteiger partial charge in [-0.15, -0.1) is 0 Å². The van der Waals surface area contributed by atoms with Crippen molar-refractivity contribution in [1.29, 1.82) is 0 Å². The van der Waals surface area contributed by atoms with Crippen LogP contribution in [0.2, 0.25) is 0 Å². The summed E-state index contributed by atoms with van der Waals surface area (Å²) in [6.45, 7) is 0. The lowest BCUT2D eigenvalue weighted by atomic mass is 9.90. The molecule has 47 heavy (non-hydrogen) atoms. The third-order valence-electron chi connectivity index (χ3n) is 8.84. The van der Waals surface area contributed by atoms with Gasteiger partial charge in [-0.1, -0.05) is 72.8 Å². The number of benzene rings is 4. The molecule has 0 radical (unpaired) electrons. The number of hydrogen-bond acceptors (Lipinski definition) is 6. The standard InChI is InChI=1S/C38H23N9/c1-3-10-23-21(8-1)16-17-39-35(23)36-33(38-40-19-30-37(45-38)42-20-41-30)32(34-25-11-4-6-14-27(25)46-47-34)31-24(12-7-15-28(31)44-36)29-18-22-9-2-5-13-26(22)43-29/h1-20,43H,(H,46,47)(H,40,41,42,45). The largest absolute Gasteiger partial charge is 0.355 e. The number of hydrogen-bond donors (Lipinski definition) is 3. The maximum atomic E-state index is 5.41. The van der Waals surface area contributed by atoms with Crippen molar-refractivity contribution in [3.8, 4) is 45.3 Å². The summed E-state index contributed by atoms with van der Waals surface area (Å²) >= 11 is 0. The molecule has 6 aromatic heterocycles. The lowest BCUT2D eigenvalue weighted by Crippen LogP contribution is -2.02. The minimum absolute atomic E-state index is 0.484. The molecule has 0 atom stereocenters. The highest BCUT2D eigenvalue weighted by Gasteiger charge is 2.28. The highest BCUT2D eigenvalue weighted by atomic mass is 15.1. The van der Waals surface area contributed by atoms with Crippen LogP contribution in [0.4, 0.5) is 0 Å². The Balaban J connectivity index is 1.43. The van der Waals surface area contributed by atoms with E-state index in [9.17, 15) is 0 Å². The topological polar surface area (TPSA) is 125 Å². The van der Waals surface area contributed by atoms with Crippen LogP contribution < -0.4 is 0 Å². The Morgan fingerprint density at radius 3 is 2.32 bits per heavy atom. The van der Waals surface area contributed by atoms with Gasteiger partial charge in [-0.25, -0.2) is 19.9 Å². The van der Waals surface area contributed by atoms with Crippen molar-refractivity contribution in [3.05, 3.63) is 122 Å². The van der Waals surface area contributed by atoms with E-state index in [1.807, 2.05) is 48.7 Å². The summed E-state index contributed by atoms with van der Waals surface area (Å²) in [5.74, 6) is 0.484. The second kappa shape index (κ2) is 9.88. The monoisotopic (exact) mass is 605 g/mol. The Kier molecular flexibility index (Phi) is 5.38. The molecule has 0 saturated carbocycles. The first-order valence-electron chi connectivity index (χ1n) is 15.3. The van der Waals surface area contributed by atoms with E-state index < -0.39 is 0 Å². The first-order chi connectivity index (χ1) is 23.3. The van der Waals surface area contributed by atoms with Gasteiger partial charge in [-0.05, 0) is 35.7 Å². The molecule has 6 heterocycles. The van der Waals surface area contributed by atoms with Crippen molar-refractivity contribution in [2.24, 2.45) is 0 Å². The van der Waals surface area contributed by atoms with Gasteiger partial charge in [0.15, 0.2) is 11.5 Å². The second-order valence-electron chi connectivity index (χ2n) is 11.5. The molecule has 0 spiro atoms. The van der Waals surface area contributed by atoms with E-state index in [-0.39, 0.29) is 0 Å². The van der Waals surface area contributed by atoms with E-state index in [1.54, 1.807) is 12.5 Å². The molecule has 0 bridgehead atoms. The van der Waals surface area contributed by atoms with Gasteiger partial charge in [0.1, 0.15) is 16.9 Å². The smallest absolute Gasteiger partial charge is 0.181 e. The van der Waals surface area contributed by atoms with Crippen molar-refractivity contribution in [2.75, 3.05) is 0 Å². The van der Waals surface area contributed by atoms with Crippen LogP contribution in [-0.4, -0.2) is 45.1 Å². The normalized spacial score (nSPS) is 11.8.